The molecule has 0 saturated heterocycles. The van der Waals surface area contributed by atoms with E-state index in [1.54, 1.807) is 6.92 Å². The summed E-state index contributed by atoms with van der Waals surface area (Å²) in [6.07, 6.45) is 2.06. The highest BCUT2D eigenvalue weighted by Crippen LogP contribution is 2.23. The number of carboxylic acids is 1. The van der Waals surface area contributed by atoms with Crippen molar-refractivity contribution in [1.29, 1.82) is 0 Å². The van der Waals surface area contributed by atoms with E-state index in [0.717, 1.165) is 29.3 Å². The van der Waals surface area contributed by atoms with E-state index in [0.29, 0.717) is 11.2 Å². The first-order valence-corrected chi connectivity index (χ1v) is 6.39. The van der Waals surface area contributed by atoms with Gasteiger partial charge in [-0.2, -0.15) is 0 Å². The average molecular weight is 271 g/mol. The summed E-state index contributed by atoms with van der Waals surface area (Å²) >= 11 is 1.15. The van der Waals surface area contributed by atoms with E-state index >= 15 is 0 Å². The van der Waals surface area contributed by atoms with Crippen LogP contribution < -0.4 is 5.32 Å². The molecule has 2 N–H and O–H groups in total. The van der Waals surface area contributed by atoms with Crippen LogP contribution in [0.5, 0.6) is 0 Å². The van der Waals surface area contributed by atoms with Gasteiger partial charge in [0, 0.05) is 6.04 Å². The minimum absolute atomic E-state index is 0.0765. The Morgan fingerprint density at radius 1 is 1.61 bits per heavy atom. The van der Waals surface area contributed by atoms with Crippen LogP contribution in [0.1, 0.15) is 19.8 Å². The Morgan fingerprint density at radius 3 is 2.94 bits per heavy atom. The van der Waals surface area contributed by atoms with Crippen molar-refractivity contribution in [2.75, 3.05) is 0 Å². The summed E-state index contributed by atoms with van der Waals surface area (Å²) in [6, 6.07) is 0.301. The number of nitrogens with one attached hydrogen (secondary N) is 1. The van der Waals surface area contributed by atoms with Gasteiger partial charge in [0.05, 0.1) is 5.25 Å². The van der Waals surface area contributed by atoms with E-state index in [2.05, 4.69) is 20.8 Å². The zero-order valence-electron chi connectivity index (χ0n) is 9.74. The molecule has 98 valence electrons. The van der Waals surface area contributed by atoms with Gasteiger partial charge in [0.1, 0.15) is 6.54 Å². The molecule has 1 atom stereocenters. The number of thioether (sulfide) groups is 1. The number of tetrazole rings is 1. The van der Waals surface area contributed by atoms with E-state index in [9.17, 15) is 9.59 Å². The van der Waals surface area contributed by atoms with Crippen LogP contribution in [-0.2, 0) is 16.1 Å². The number of amides is 1. The predicted molar refractivity (Wildman–Crippen MR) is 61.9 cm³/mol. The lowest BCUT2D eigenvalue weighted by atomic mass is 10.4. The Hall–Kier alpha value is -1.64. The van der Waals surface area contributed by atoms with E-state index in [-0.39, 0.29) is 17.7 Å². The normalized spacial score (nSPS) is 16.3. The molecular weight excluding hydrogens is 258 g/mol. The third-order valence-electron chi connectivity index (χ3n) is 2.36. The maximum absolute atomic E-state index is 11.7. The van der Waals surface area contributed by atoms with Gasteiger partial charge in [-0.1, -0.05) is 11.8 Å². The number of aromatic nitrogens is 4. The summed E-state index contributed by atoms with van der Waals surface area (Å²) < 4.78 is 1.16. The minimum Gasteiger partial charge on any atom is -0.480 e. The van der Waals surface area contributed by atoms with Gasteiger partial charge >= 0.3 is 5.97 Å². The number of rotatable bonds is 6. The largest absolute Gasteiger partial charge is 0.480 e. The molecule has 1 aromatic heterocycles. The van der Waals surface area contributed by atoms with Crippen molar-refractivity contribution in [2.45, 2.75) is 42.8 Å². The number of aliphatic carboxylic acids is 1. The Labute approximate surface area is 107 Å². The number of carbonyl (C=O) groups is 2. The van der Waals surface area contributed by atoms with Crippen LogP contribution in [0.3, 0.4) is 0 Å². The Bertz CT molecular complexity index is 459. The fraction of sp³-hybridized carbons (Fsp3) is 0.667. The highest BCUT2D eigenvalue weighted by molar-refractivity contribution is 8.00. The van der Waals surface area contributed by atoms with E-state index in [4.69, 9.17) is 5.11 Å². The lowest BCUT2D eigenvalue weighted by Gasteiger charge is -2.10. The van der Waals surface area contributed by atoms with Gasteiger partial charge in [-0.15, -0.1) is 5.10 Å². The van der Waals surface area contributed by atoms with Gasteiger partial charge in [-0.05, 0) is 30.2 Å². The summed E-state index contributed by atoms with van der Waals surface area (Å²) in [7, 11) is 0. The van der Waals surface area contributed by atoms with Gasteiger partial charge < -0.3 is 10.4 Å². The SMILES string of the molecule is CC(Sc1nnnn1CC(=O)O)C(=O)NC1CC1. The average Bonchev–Trinajstić information content (AvgIpc) is 3.00. The minimum atomic E-state index is -1.03. The number of nitrogens with zero attached hydrogens (tertiary/aromatic N) is 4. The first kappa shape index (κ1) is 12.8. The molecule has 1 saturated carbocycles. The predicted octanol–water partition coefficient (Wildman–Crippen LogP) is -0.483. The zero-order chi connectivity index (χ0) is 13.1. The van der Waals surface area contributed by atoms with E-state index < -0.39 is 5.97 Å². The molecule has 9 heteroatoms. The third kappa shape index (κ3) is 3.42. The second kappa shape index (κ2) is 5.34. The zero-order valence-corrected chi connectivity index (χ0v) is 10.6. The summed E-state index contributed by atoms with van der Waals surface area (Å²) in [5.41, 5.74) is 0. The van der Waals surface area contributed by atoms with Gasteiger partial charge in [-0.3, -0.25) is 9.59 Å². The van der Waals surface area contributed by atoms with Crippen LogP contribution in [0.25, 0.3) is 0 Å². The number of carboxylic acid groups (broad SMARTS) is 1. The second-order valence-corrected chi connectivity index (χ2v) is 5.36. The quantitative estimate of drug-likeness (QED) is 0.672. The monoisotopic (exact) mass is 271 g/mol. The fourth-order valence-electron chi connectivity index (χ4n) is 1.27. The summed E-state index contributed by atoms with van der Waals surface area (Å²) in [6.45, 7) is 1.43. The van der Waals surface area contributed by atoms with Crippen molar-refractivity contribution in [3.63, 3.8) is 0 Å². The molecule has 8 nitrogen and oxygen atoms in total. The molecule has 1 heterocycles. The highest BCUT2D eigenvalue weighted by Gasteiger charge is 2.27. The van der Waals surface area contributed by atoms with Crippen molar-refractivity contribution in [1.82, 2.24) is 25.5 Å². The molecular formula is C9H13N5O3S. The first-order chi connectivity index (χ1) is 8.56. The first-order valence-electron chi connectivity index (χ1n) is 5.51. The molecule has 0 aromatic carbocycles. The molecule has 1 aliphatic carbocycles. The third-order valence-corrected chi connectivity index (χ3v) is 3.43. The number of carbonyl (C=O) groups excluding carboxylic acids is 1. The molecule has 0 spiro atoms. The smallest absolute Gasteiger partial charge is 0.325 e. The summed E-state index contributed by atoms with van der Waals surface area (Å²) in [4.78, 5) is 22.3. The van der Waals surface area contributed by atoms with Gasteiger partial charge in [0.2, 0.25) is 11.1 Å². The molecule has 1 unspecified atom stereocenters. The van der Waals surface area contributed by atoms with Crippen molar-refractivity contribution in [2.24, 2.45) is 0 Å². The van der Waals surface area contributed by atoms with Crippen LogP contribution in [0.15, 0.2) is 5.16 Å². The second-order valence-electron chi connectivity index (χ2n) is 4.06. The molecule has 0 bridgehead atoms. The molecule has 2 rings (SSSR count). The Balaban J connectivity index is 1.92. The Kier molecular flexibility index (Phi) is 3.80. The highest BCUT2D eigenvalue weighted by atomic mass is 32.2. The molecule has 1 fully saturated rings. The van der Waals surface area contributed by atoms with Crippen molar-refractivity contribution >= 4 is 23.6 Å². The van der Waals surface area contributed by atoms with Crippen LogP contribution in [0.2, 0.25) is 0 Å². The summed E-state index contributed by atoms with van der Waals surface area (Å²) in [5.74, 6) is -1.10. The lowest BCUT2D eigenvalue weighted by molar-refractivity contribution is -0.138. The van der Waals surface area contributed by atoms with Crippen molar-refractivity contribution < 1.29 is 14.7 Å². The maximum atomic E-state index is 11.7. The van der Waals surface area contributed by atoms with Crippen LogP contribution >= 0.6 is 11.8 Å². The fourth-order valence-corrected chi connectivity index (χ4v) is 2.06. The van der Waals surface area contributed by atoms with Crippen molar-refractivity contribution in [3.05, 3.63) is 0 Å². The lowest BCUT2D eigenvalue weighted by Crippen LogP contribution is -2.32. The van der Waals surface area contributed by atoms with Crippen LogP contribution in [0.4, 0.5) is 0 Å². The number of hydrogen-bond donors (Lipinski definition) is 2. The molecule has 18 heavy (non-hydrogen) atoms. The van der Waals surface area contributed by atoms with Crippen LogP contribution in [-0.4, -0.2) is 48.5 Å². The molecule has 1 aliphatic rings. The van der Waals surface area contributed by atoms with E-state index in [1.807, 2.05) is 0 Å². The number of hydrogen-bond acceptors (Lipinski definition) is 6. The summed E-state index contributed by atoms with van der Waals surface area (Å²) in [5, 5.41) is 22.2. The van der Waals surface area contributed by atoms with Gasteiger partial charge in [-0.25, -0.2) is 4.68 Å². The maximum Gasteiger partial charge on any atom is 0.325 e. The van der Waals surface area contributed by atoms with Gasteiger partial charge in [0.25, 0.3) is 0 Å². The molecule has 1 aromatic rings. The van der Waals surface area contributed by atoms with Crippen molar-refractivity contribution in [3.8, 4) is 0 Å². The topological polar surface area (TPSA) is 110 Å². The van der Waals surface area contributed by atoms with E-state index in [1.165, 1.54) is 0 Å². The molecule has 1 amide bonds. The molecule has 0 aliphatic heterocycles. The van der Waals surface area contributed by atoms with Crippen LogP contribution in [0, 0.1) is 0 Å². The Morgan fingerprint density at radius 2 is 2.33 bits per heavy atom. The van der Waals surface area contributed by atoms with Gasteiger partial charge in [0.15, 0.2) is 0 Å². The standard InChI is InChI=1S/C9H13N5O3S/c1-5(8(17)10-6-2-3-6)18-9-11-12-13-14(9)4-7(15)16/h5-6H,2-4H2,1H3,(H,10,17)(H,15,16). The molecule has 0 radical (unpaired) electrons.